The minimum absolute atomic E-state index is 0.0139. The van der Waals surface area contributed by atoms with Crippen molar-refractivity contribution in [2.75, 3.05) is 19.7 Å². The predicted molar refractivity (Wildman–Crippen MR) is 181 cm³/mol. The van der Waals surface area contributed by atoms with Crippen LogP contribution in [0.25, 0.3) is 0 Å². The van der Waals surface area contributed by atoms with Gasteiger partial charge in [0.25, 0.3) is 0 Å². The third-order valence-corrected chi connectivity index (χ3v) is 8.08. The molecule has 2 aromatic rings. The monoisotopic (exact) mass is 716 g/mol. The Balaban J connectivity index is 1.60. The summed E-state index contributed by atoms with van der Waals surface area (Å²) in [4.78, 5) is 64.6. The normalized spacial score (nSPS) is 21.8. The van der Waals surface area contributed by atoms with Crippen LogP contribution >= 0.6 is 0 Å². The number of aliphatic hydroxyl groups excluding tert-OH is 4. The zero-order valence-electron chi connectivity index (χ0n) is 28.4. The molecular formula is C34H48N6O11. The molecule has 1 fully saturated rings. The summed E-state index contributed by atoms with van der Waals surface area (Å²) >= 11 is 0. The number of nitrogens with two attached hydrogens (primary N) is 1. The Labute approximate surface area is 294 Å². The van der Waals surface area contributed by atoms with Gasteiger partial charge in [-0.25, -0.2) is 0 Å². The number of carbonyl (C=O) groups excluding carboxylic acids is 5. The van der Waals surface area contributed by atoms with Crippen molar-refractivity contribution < 1.29 is 54.2 Å². The number of hydrogen-bond acceptors (Lipinski definition) is 12. The Kier molecular flexibility index (Phi) is 15.7. The highest BCUT2D eigenvalue weighted by Crippen LogP contribution is 2.20. The van der Waals surface area contributed by atoms with Gasteiger partial charge >= 0.3 is 0 Å². The number of phenols is 1. The molecule has 51 heavy (non-hydrogen) atoms. The van der Waals surface area contributed by atoms with Gasteiger partial charge in [0.15, 0.2) is 6.29 Å². The van der Waals surface area contributed by atoms with Gasteiger partial charge in [0, 0.05) is 6.42 Å². The summed E-state index contributed by atoms with van der Waals surface area (Å²) in [6.45, 7) is 1.90. The number of benzene rings is 2. The van der Waals surface area contributed by atoms with Crippen molar-refractivity contribution in [3.8, 4) is 5.75 Å². The summed E-state index contributed by atoms with van der Waals surface area (Å²) < 4.78 is 5.11. The molecule has 17 nitrogen and oxygen atoms in total. The van der Waals surface area contributed by atoms with Gasteiger partial charge in [-0.2, -0.15) is 0 Å². The highest BCUT2D eigenvalue weighted by Gasteiger charge is 2.45. The van der Waals surface area contributed by atoms with Gasteiger partial charge in [-0.05, 0) is 42.0 Å². The molecule has 12 N–H and O–H groups in total. The molecule has 1 aliphatic rings. The average molecular weight is 717 g/mol. The van der Waals surface area contributed by atoms with Crippen LogP contribution in [0.5, 0.6) is 5.75 Å². The van der Waals surface area contributed by atoms with E-state index in [9.17, 15) is 49.5 Å². The lowest BCUT2D eigenvalue weighted by molar-refractivity contribution is -0.254. The lowest BCUT2D eigenvalue weighted by Crippen LogP contribution is -2.66. The molecule has 0 spiro atoms. The van der Waals surface area contributed by atoms with Crippen molar-refractivity contribution in [1.29, 1.82) is 0 Å². The predicted octanol–water partition coefficient (Wildman–Crippen LogP) is -3.33. The molecule has 0 bridgehead atoms. The van der Waals surface area contributed by atoms with Crippen LogP contribution in [0.1, 0.15) is 31.4 Å². The number of rotatable bonds is 17. The lowest BCUT2D eigenvalue weighted by Gasteiger charge is -2.40. The number of phenolic OH excluding ortho intramolecular Hbond substituents is 1. The van der Waals surface area contributed by atoms with Gasteiger partial charge < -0.3 is 62.6 Å². The van der Waals surface area contributed by atoms with Gasteiger partial charge in [0.2, 0.25) is 29.5 Å². The van der Waals surface area contributed by atoms with Gasteiger partial charge in [0.05, 0.1) is 25.7 Å². The van der Waals surface area contributed by atoms with Crippen molar-refractivity contribution in [1.82, 2.24) is 26.6 Å². The summed E-state index contributed by atoms with van der Waals surface area (Å²) in [5, 5.41) is 62.1. The SMILES string of the molecule is CC(C)C[C@H](NC(=O)[C@H](Cc1ccccc1)NC(=O)CNC(=O)CNC(=O)[C@@H](N)Cc1ccc(O)cc1)C(=O)N[C@@H]1[C@@H](O)[C@H](O)[C@@H](CO)O[C@H]1O. The molecule has 8 atom stereocenters. The molecule has 1 saturated heterocycles. The van der Waals surface area contributed by atoms with Crippen LogP contribution < -0.4 is 32.3 Å². The van der Waals surface area contributed by atoms with E-state index in [0.29, 0.717) is 11.1 Å². The summed E-state index contributed by atoms with van der Waals surface area (Å²) in [6, 6.07) is 10.00. The number of hydrogen-bond donors (Lipinski definition) is 11. The molecule has 0 radical (unpaired) electrons. The zero-order chi connectivity index (χ0) is 37.7. The van der Waals surface area contributed by atoms with Crippen molar-refractivity contribution in [2.24, 2.45) is 11.7 Å². The Morgan fingerprint density at radius 3 is 2.02 bits per heavy atom. The molecule has 17 heteroatoms. The maximum absolute atomic E-state index is 13.6. The van der Waals surface area contributed by atoms with Crippen LogP contribution in [0.15, 0.2) is 54.6 Å². The number of aliphatic hydroxyl groups is 4. The third-order valence-electron chi connectivity index (χ3n) is 8.08. The first-order valence-electron chi connectivity index (χ1n) is 16.5. The highest BCUT2D eigenvalue weighted by molar-refractivity contribution is 5.94. The maximum atomic E-state index is 13.6. The Bertz CT molecular complexity index is 1460. The molecular weight excluding hydrogens is 668 g/mol. The highest BCUT2D eigenvalue weighted by atomic mass is 16.6. The standard InChI is InChI=1S/C34H48N6O11/c1-18(2)12-23(33(49)40-28-30(46)29(45)25(17-41)51-34(28)50)39-32(48)24(14-19-6-4-3-5-7-19)38-27(44)16-36-26(43)15-37-31(47)22(35)13-20-8-10-21(42)11-9-20/h3-11,18,22-25,28-30,34,41-42,45-46,50H,12-17,35H2,1-2H3,(H,36,43)(H,37,47)(H,38,44)(H,39,48)(H,40,49)/t22-,23-,24-,25+,28+,29+,30+,34+/m0/s1. The molecule has 0 unspecified atom stereocenters. The van der Waals surface area contributed by atoms with E-state index in [1.165, 1.54) is 12.1 Å². The fourth-order valence-corrected chi connectivity index (χ4v) is 5.32. The third kappa shape index (κ3) is 12.9. The summed E-state index contributed by atoms with van der Waals surface area (Å²) in [5.41, 5.74) is 7.30. The second-order valence-corrected chi connectivity index (χ2v) is 12.7. The maximum Gasteiger partial charge on any atom is 0.243 e. The van der Waals surface area contributed by atoms with Gasteiger partial charge in [-0.3, -0.25) is 24.0 Å². The molecule has 5 amide bonds. The second-order valence-electron chi connectivity index (χ2n) is 12.7. The molecule has 1 heterocycles. The van der Waals surface area contributed by atoms with Crippen LogP contribution in [0.2, 0.25) is 0 Å². The zero-order valence-corrected chi connectivity index (χ0v) is 28.4. The average Bonchev–Trinajstić information content (AvgIpc) is 3.10. The Morgan fingerprint density at radius 2 is 1.39 bits per heavy atom. The number of aromatic hydroxyl groups is 1. The van der Waals surface area contributed by atoms with Crippen LogP contribution in [0.3, 0.4) is 0 Å². The summed E-state index contributed by atoms with van der Waals surface area (Å²) in [6.07, 6.45) is -6.06. The minimum atomic E-state index is -1.77. The molecule has 2 aromatic carbocycles. The van der Waals surface area contributed by atoms with E-state index in [-0.39, 0.29) is 30.9 Å². The smallest absolute Gasteiger partial charge is 0.243 e. The molecule has 1 aliphatic heterocycles. The number of carbonyl (C=O) groups is 5. The van der Waals surface area contributed by atoms with E-state index >= 15 is 0 Å². The van der Waals surface area contributed by atoms with Gasteiger partial charge in [0.1, 0.15) is 42.2 Å². The second kappa shape index (κ2) is 19.7. The lowest BCUT2D eigenvalue weighted by atomic mass is 9.96. The largest absolute Gasteiger partial charge is 0.508 e. The molecule has 3 rings (SSSR count). The number of ether oxygens (including phenoxy) is 1. The first-order chi connectivity index (χ1) is 24.2. The first kappa shape index (κ1) is 40.8. The van der Waals surface area contributed by atoms with Crippen LogP contribution in [0, 0.1) is 5.92 Å². The minimum Gasteiger partial charge on any atom is -0.508 e. The van der Waals surface area contributed by atoms with E-state index in [2.05, 4.69) is 26.6 Å². The van der Waals surface area contributed by atoms with Gasteiger partial charge in [-0.1, -0.05) is 56.3 Å². The van der Waals surface area contributed by atoms with Crippen LogP contribution in [0.4, 0.5) is 0 Å². The molecule has 0 aromatic heterocycles. The van der Waals surface area contributed by atoms with E-state index in [1.54, 1.807) is 56.3 Å². The molecule has 280 valence electrons. The van der Waals surface area contributed by atoms with Crippen LogP contribution in [-0.2, 0) is 41.6 Å². The number of amides is 5. The van der Waals surface area contributed by atoms with E-state index < -0.39 is 98.0 Å². The van der Waals surface area contributed by atoms with Crippen molar-refractivity contribution in [2.45, 2.75) is 81.9 Å². The Hall–Kier alpha value is -4.65. The van der Waals surface area contributed by atoms with Crippen molar-refractivity contribution >= 4 is 29.5 Å². The topological polar surface area (TPSA) is 282 Å². The van der Waals surface area contributed by atoms with Crippen LogP contribution in [-0.4, -0.2) is 124 Å². The quantitative estimate of drug-likeness (QED) is 0.0767. The first-order valence-corrected chi connectivity index (χ1v) is 16.5. The Morgan fingerprint density at radius 1 is 0.765 bits per heavy atom. The molecule has 0 aliphatic carbocycles. The summed E-state index contributed by atoms with van der Waals surface area (Å²) in [7, 11) is 0. The van der Waals surface area contributed by atoms with E-state index in [1.807, 2.05) is 0 Å². The fourth-order valence-electron chi connectivity index (χ4n) is 5.32. The summed E-state index contributed by atoms with van der Waals surface area (Å²) in [5.74, 6) is -3.64. The number of nitrogens with one attached hydrogen (secondary N) is 5. The van der Waals surface area contributed by atoms with Crippen molar-refractivity contribution in [3.05, 3.63) is 65.7 Å². The molecule has 0 saturated carbocycles. The van der Waals surface area contributed by atoms with E-state index in [4.69, 9.17) is 10.5 Å². The van der Waals surface area contributed by atoms with E-state index in [0.717, 1.165) is 0 Å². The van der Waals surface area contributed by atoms with Crippen molar-refractivity contribution in [3.63, 3.8) is 0 Å². The fraction of sp³-hybridized carbons (Fsp3) is 0.500. The van der Waals surface area contributed by atoms with Gasteiger partial charge in [-0.15, -0.1) is 0 Å².